The van der Waals surface area contributed by atoms with Crippen LogP contribution in [0.4, 0.5) is 11.5 Å². The lowest BCUT2D eigenvalue weighted by Crippen LogP contribution is -2.28. The monoisotopic (exact) mass is 315 g/mol. The Kier molecular flexibility index (Phi) is 4.01. The lowest BCUT2D eigenvalue weighted by molar-refractivity contribution is -0.122. The number of aromatic nitrogens is 1. The molecule has 23 heavy (non-hydrogen) atoms. The second kappa shape index (κ2) is 6.12. The number of ether oxygens (including phenoxy) is 1. The van der Waals surface area contributed by atoms with Crippen molar-refractivity contribution in [3.63, 3.8) is 0 Å². The Morgan fingerprint density at radius 3 is 2.74 bits per heavy atom. The highest BCUT2D eigenvalue weighted by atomic mass is 16.5. The average molecular weight is 315 g/mol. The van der Waals surface area contributed by atoms with Crippen LogP contribution < -0.4 is 15.0 Å². The first-order valence-corrected chi connectivity index (χ1v) is 7.25. The number of rotatable bonds is 4. The third-order valence-corrected chi connectivity index (χ3v) is 3.76. The SMILES string of the molecule is COc1ccc(N2C[C@H](C(=O)Nc3cc(C)on3)CC2=O)cc1. The van der Waals surface area contributed by atoms with Crippen LogP contribution in [0.1, 0.15) is 12.2 Å². The van der Waals surface area contributed by atoms with Gasteiger partial charge < -0.3 is 19.5 Å². The minimum Gasteiger partial charge on any atom is -0.497 e. The van der Waals surface area contributed by atoms with E-state index >= 15 is 0 Å². The molecule has 1 aromatic carbocycles. The summed E-state index contributed by atoms with van der Waals surface area (Å²) in [6.07, 6.45) is 0.175. The Balaban J connectivity index is 1.67. The van der Waals surface area contributed by atoms with Gasteiger partial charge >= 0.3 is 0 Å². The van der Waals surface area contributed by atoms with Crippen molar-refractivity contribution in [1.29, 1.82) is 0 Å². The van der Waals surface area contributed by atoms with E-state index in [2.05, 4.69) is 10.5 Å². The molecule has 2 aromatic rings. The summed E-state index contributed by atoms with van der Waals surface area (Å²) >= 11 is 0. The standard InChI is InChI=1S/C16H17N3O4/c1-10-7-14(18-23-10)17-16(21)11-8-15(20)19(9-11)12-3-5-13(22-2)6-4-12/h3-7,11H,8-9H2,1-2H3,(H,17,18,21)/t11-/m1/s1. The fourth-order valence-corrected chi connectivity index (χ4v) is 2.55. The van der Waals surface area contributed by atoms with Gasteiger partial charge in [-0.1, -0.05) is 5.16 Å². The van der Waals surface area contributed by atoms with E-state index in [1.54, 1.807) is 49.3 Å². The van der Waals surface area contributed by atoms with Gasteiger partial charge in [-0.25, -0.2) is 0 Å². The average Bonchev–Trinajstić information content (AvgIpc) is 3.13. The minimum absolute atomic E-state index is 0.0772. The number of nitrogens with one attached hydrogen (secondary N) is 1. The van der Waals surface area contributed by atoms with Crippen molar-refractivity contribution in [2.45, 2.75) is 13.3 Å². The second-order valence-electron chi connectivity index (χ2n) is 5.42. The summed E-state index contributed by atoms with van der Waals surface area (Å²) in [6.45, 7) is 2.08. The zero-order valence-electron chi connectivity index (χ0n) is 12.9. The van der Waals surface area contributed by atoms with Gasteiger partial charge in [0.1, 0.15) is 11.5 Å². The molecule has 3 rings (SSSR count). The number of nitrogens with zero attached hydrogens (tertiary/aromatic N) is 2. The van der Waals surface area contributed by atoms with Crippen molar-refractivity contribution >= 4 is 23.3 Å². The third-order valence-electron chi connectivity index (χ3n) is 3.76. The van der Waals surface area contributed by atoms with Gasteiger partial charge in [-0.3, -0.25) is 9.59 Å². The maximum absolute atomic E-state index is 12.3. The van der Waals surface area contributed by atoms with E-state index < -0.39 is 5.92 Å². The van der Waals surface area contributed by atoms with Gasteiger partial charge in [-0.15, -0.1) is 0 Å². The van der Waals surface area contributed by atoms with E-state index in [9.17, 15) is 9.59 Å². The molecule has 0 bridgehead atoms. The molecule has 0 saturated carbocycles. The molecule has 1 aliphatic rings. The number of carbonyl (C=O) groups is 2. The summed E-state index contributed by atoms with van der Waals surface area (Å²) in [5.41, 5.74) is 0.753. The minimum atomic E-state index is -0.415. The molecule has 120 valence electrons. The van der Waals surface area contributed by atoms with Crippen LogP contribution in [0.2, 0.25) is 0 Å². The van der Waals surface area contributed by atoms with Crippen molar-refractivity contribution in [3.05, 3.63) is 36.1 Å². The quantitative estimate of drug-likeness (QED) is 0.932. The van der Waals surface area contributed by atoms with Crippen molar-refractivity contribution in [2.24, 2.45) is 5.92 Å². The highest BCUT2D eigenvalue weighted by Gasteiger charge is 2.35. The van der Waals surface area contributed by atoms with Crippen molar-refractivity contribution in [1.82, 2.24) is 5.16 Å². The Morgan fingerprint density at radius 1 is 1.39 bits per heavy atom. The predicted molar refractivity (Wildman–Crippen MR) is 83.3 cm³/mol. The predicted octanol–water partition coefficient (Wildman–Crippen LogP) is 1.98. The normalized spacial score (nSPS) is 17.4. The number of benzene rings is 1. The fourth-order valence-electron chi connectivity index (χ4n) is 2.55. The molecule has 1 atom stereocenters. The molecular weight excluding hydrogens is 298 g/mol. The molecule has 0 unspecified atom stereocenters. The molecular formula is C16H17N3O4. The largest absolute Gasteiger partial charge is 0.497 e. The first kappa shape index (κ1) is 15.1. The molecule has 0 aliphatic carbocycles. The zero-order valence-corrected chi connectivity index (χ0v) is 12.9. The molecule has 2 heterocycles. The number of hydrogen-bond acceptors (Lipinski definition) is 5. The van der Waals surface area contributed by atoms with Crippen LogP contribution in [0.5, 0.6) is 5.75 Å². The first-order valence-electron chi connectivity index (χ1n) is 7.25. The van der Waals surface area contributed by atoms with Crippen LogP contribution in [0.3, 0.4) is 0 Å². The Hall–Kier alpha value is -2.83. The second-order valence-corrected chi connectivity index (χ2v) is 5.42. The van der Waals surface area contributed by atoms with Gasteiger partial charge in [-0.05, 0) is 31.2 Å². The van der Waals surface area contributed by atoms with Gasteiger partial charge in [0.2, 0.25) is 11.8 Å². The number of methoxy groups -OCH3 is 1. The van der Waals surface area contributed by atoms with Gasteiger partial charge in [0.15, 0.2) is 5.82 Å². The number of amides is 2. The maximum Gasteiger partial charge on any atom is 0.231 e. The smallest absolute Gasteiger partial charge is 0.231 e. The summed E-state index contributed by atoms with van der Waals surface area (Å²) in [5.74, 6) is 0.970. The van der Waals surface area contributed by atoms with Crippen LogP contribution in [-0.2, 0) is 9.59 Å². The lowest BCUT2D eigenvalue weighted by atomic mass is 10.1. The lowest BCUT2D eigenvalue weighted by Gasteiger charge is -2.16. The van der Waals surface area contributed by atoms with E-state index in [1.165, 1.54) is 0 Å². The van der Waals surface area contributed by atoms with E-state index in [0.717, 1.165) is 11.4 Å². The van der Waals surface area contributed by atoms with E-state index in [0.29, 0.717) is 18.1 Å². The van der Waals surface area contributed by atoms with Crippen molar-refractivity contribution < 1.29 is 18.8 Å². The molecule has 0 radical (unpaired) electrons. The van der Waals surface area contributed by atoms with Gasteiger partial charge in [-0.2, -0.15) is 0 Å². The van der Waals surface area contributed by atoms with Gasteiger partial charge in [0, 0.05) is 24.7 Å². The van der Waals surface area contributed by atoms with Gasteiger partial charge in [0.25, 0.3) is 0 Å². The van der Waals surface area contributed by atoms with Gasteiger partial charge in [0.05, 0.1) is 13.0 Å². The number of carbonyl (C=O) groups excluding carboxylic acids is 2. The van der Waals surface area contributed by atoms with Crippen molar-refractivity contribution in [3.8, 4) is 5.75 Å². The molecule has 0 spiro atoms. The van der Waals surface area contributed by atoms with Crippen LogP contribution in [-0.4, -0.2) is 30.6 Å². The zero-order chi connectivity index (χ0) is 16.4. The van der Waals surface area contributed by atoms with E-state index in [4.69, 9.17) is 9.26 Å². The van der Waals surface area contributed by atoms with Crippen LogP contribution in [0, 0.1) is 12.8 Å². The summed E-state index contributed by atoms with van der Waals surface area (Å²) in [7, 11) is 1.59. The maximum atomic E-state index is 12.3. The topological polar surface area (TPSA) is 84.7 Å². The summed E-state index contributed by atoms with van der Waals surface area (Å²) in [6, 6.07) is 8.81. The molecule has 1 fully saturated rings. The third kappa shape index (κ3) is 3.18. The Bertz CT molecular complexity index is 723. The number of hydrogen-bond donors (Lipinski definition) is 1. The molecule has 1 aromatic heterocycles. The van der Waals surface area contributed by atoms with Crippen LogP contribution in [0.25, 0.3) is 0 Å². The number of anilines is 2. The Morgan fingerprint density at radius 2 is 2.13 bits per heavy atom. The van der Waals surface area contributed by atoms with Crippen LogP contribution >= 0.6 is 0 Å². The molecule has 2 amide bonds. The molecule has 1 aliphatic heterocycles. The Labute approximate surface area is 133 Å². The van der Waals surface area contributed by atoms with E-state index in [-0.39, 0.29) is 18.2 Å². The highest BCUT2D eigenvalue weighted by Crippen LogP contribution is 2.27. The molecule has 1 saturated heterocycles. The summed E-state index contributed by atoms with van der Waals surface area (Å²) in [4.78, 5) is 26.0. The molecule has 7 heteroatoms. The molecule has 7 nitrogen and oxygen atoms in total. The van der Waals surface area contributed by atoms with Crippen LogP contribution in [0.15, 0.2) is 34.9 Å². The van der Waals surface area contributed by atoms with Crippen molar-refractivity contribution in [2.75, 3.05) is 23.9 Å². The number of aryl methyl sites for hydroxylation is 1. The highest BCUT2D eigenvalue weighted by molar-refractivity contribution is 6.03. The fraction of sp³-hybridized carbons (Fsp3) is 0.312. The summed E-state index contributed by atoms with van der Waals surface area (Å²) in [5, 5.41) is 6.40. The first-order chi connectivity index (χ1) is 11.1. The summed E-state index contributed by atoms with van der Waals surface area (Å²) < 4.78 is 10.0. The molecule has 1 N–H and O–H groups in total. The van der Waals surface area contributed by atoms with E-state index in [1.807, 2.05) is 0 Å².